The van der Waals surface area contributed by atoms with Crippen LogP contribution < -0.4 is 9.47 Å². The van der Waals surface area contributed by atoms with Crippen LogP contribution in [-0.4, -0.2) is 17.9 Å². The van der Waals surface area contributed by atoms with Gasteiger partial charge in [0.05, 0.1) is 19.9 Å². The predicted molar refractivity (Wildman–Crippen MR) is 148 cm³/mol. The van der Waals surface area contributed by atoms with Gasteiger partial charge < -0.3 is 18.8 Å². The van der Waals surface area contributed by atoms with Crippen molar-refractivity contribution in [1.29, 1.82) is 0 Å². The molecule has 0 atom stereocenters. The summed E-state index contributed by atoms with van der Waals surface area (Å²) in [5, 5.41) is 0. The summed E-state index contributed by atoms with van der Waals surface area (Å²) >= 11 is 0. The molecule has 0 spiro atoms. The highest BCUT2D eigenvalue weighted by atomic mass is 16.5. The first-order chi connectivity index (χ1) is 18.7. The monoisotopic (exact) mass is 503 g/mol. The van der Waals surface area contributed by atoms with Crippen molar-refractivity contribution in [3.8, 4) is 22.6 Å². The number of furan rings is 1. The van der Waals surface area contributed by atoms with Crippen LogP contribution in [-0.2, 0) is 19.7 Å². The van der Waals surface area contributed by atoms with Crippen molar-refractivity contribution >= 4 is 5.91 Å². The summed E-state index contributed by atoms with van der Waals surface area (Å²) in [7, 11) is 1.62. The van der Waals surface area contributed by atoms with E-state index in [9.17, 15) is 4.79 Å². The van der Waals surface area contributed by atoms with Gasteiger partial charge in [0.1, 0.15) is 12.4 Å². The van der Waals surface area contributed by atoms with Crippen LogP contribution in [0.1, 0.15) is 27.2 Å². The quantitative estimate of drug-likeness (QED) is 0.200. The summed E-state index contributed by atoms with van der Waals surface area (Å²) < 4.78 is 17.2. The number of hydrogen-bond acceptors (Lipinski definition) is 4. The Balaban J connectivity index is 1.34. The van der Waals surface area contributed by atoms with Crippen LogP contribution >= 0.6 is 0 Å². The number of ether oxygens (including phenoxy) is 2. The van der Waals surface area contributed by atoms with E-state index in [-0.39, 0.29) is 5.91 Å². The van der Waals surface area contributed by atoms with Gasteiger partial charge in [-0.3, -0.25) is 4.79 Å². The second-order valence-corrected chi connectivity index (χ2v) is 8.94. The molecule has 4 aromatic carbocycles. The molecule has 0 aliphatic rings. The maximum Gasteiger partial charge on any atom is 0.254 e. The fourth-order valence-corrected chi connectivity index (χ4v) is 4.29. The topological polar surface area (TPSA) is 51.9 Å². The van der Waals surface area contributed by atoms with Crippen LogP contribution in [0.25, 0.3) is 11.1 Å². The lowest BCUT2D eigenvalue weighted by molar-refractivity contribution is 0.0717. The standard InChI is InChI=1S/C33H29NO4/c1-36-32-21-26(14-19-31(32)38-24-25-9-4-2-5-10-25)22-34(23-30-13-8-20-37-30)33(35)29-17-15-28(16-18-29)27-11-6-3-7-12-27/h2-21H,22-24H2,1H3. The summed E-state index contributed by atoms with van der Waals surface area (Å²) in [4.78, 5) is 15.4. The number of carbonyl (C=O) groups excluding carboxylic acids is 1. The second kappa shape index (κ2) is 12.0. The molecule has 5 rings (SSSR count). The normalized spacial score (nSPS) is 10.7. The van der Waals surface area contributed by atoms with Gasteiger partial charge in [0.15, 0.2) is 11.5 Å². The van der Waals surface area contributed by atoms with Crippen molar-refractivity contribution in [2.45, 2.75) is 19.7 Å². The average molecular weight is 504 g/mol. The third kappa shape index (κ3) is 6.13. The largest absolute Gasteiger partial charge is 0.493 e. The van der Waals surface area contributed by atoms with Gasteiger partial charge in [-0.2, -0.15) is 0 Å². The van der Waals surface area contributed by atoms with E-state index in [1.54, 1.807) is 18.3 Å². The van der Waals surface area contributed by atoms with Gasteiger partial charge in [-0.15, -0.1) is 0 Å². The van der Waals surface area contributed by atoms with E-state index >= 15 is 0 Å². The molecule has 0 unspecified atom stereocenters. The Morgan fingerprint density at radius 2 is 1.42 bits per heavy atom. The molecule has 1 amide bonds. The Labute approximate surface area is 222 Å². The Bertz CT molecular complexity index is 1450. The first kappa shape index (κ1) is 24.9. The number of rotatable bonds is 10. The summed E-state index contributed by atoms with van der Waals surface area (Å²) in [6.45, 7) is 1.18. The van der Waals surface area contributed by atoms with Gasteiger partial charge in [0.25, 0.3) is 5.91 Å². The van der Waals surface area contributed by atoms with Gasteiger partial charge >= 0.3 is 0 Å². The van der Waals surface area contributed by atoms with Gasteiger partial charge in [-0.05, 0) is 58.7 Å². The zero-order valence-electron chi connectivity index (χ0n) is 21.2. The van der Waals surface area contributed by atoms with Gasteiger partial charge in [0, 0.05) is 12.1 Å². The first-order valence-electron chi connectivity index (χ1n) is 12.5. The van der Waals surface area contributed by atoms with E-state index in [0.717, 1.165) is 22.3 Å². The Kier molecular flexibility index (Phi) is 7.85. The Morgan fingerprint density at radius 3 is 2.11 bits per heavy atom. The molecule has 5 heteroatoms. The van der Waals surface area contributed by atoms with Crippen molar-refractivity contribution in [3.05, 3.63) is 144 Å². The second-order valence-electron chi connectivity index (χ2n) is 8.94. The number of nitrogens with zero attached hydrogens (tertiary/aromatic N) is 1. The molecule has 1 heterocycles. The lowest BCUT2D eigenvalue weighted by atomic mass is 10.0. The van der Waals surface area contributed by atoms with Gasteiger partial charge in [0.2, 0.25) is 0 Å². The lowest BCUT2D eigenvalue weighted by Crippen LogP contribution is -2.30. The molecule has 0 aliphatic carbocycles. The SMILES string of the molecule is COc1cc(CN(Cc2ccco2)C(=O)c2ccc(-c3ccccc3)cc2)ccc1OCc1ccccc1. The van der Waals surface area contributed by atoms with Crippen molar-refractivity contribution < 1.29 is 18.7 Å². The van der Waals surface area contributed by atoms with Crippen LogP contribution in [0.15, 0.2) is 126 Å². The number of benzene rings is 4. The van der Waals surface area contributed by atoms with Crippen molar-refractivity contribution in [2.75, 3.05) is 7.11 Å². The number of methoxy groups -OCH3 is 1. The molecule has 0 radical (unpaired) electrons. The molecule has 0 bridgehead atoms. The minimum atomic E-state index is -0.0793. The highest BCUT2D eigenvalue weighted by Gasteiger charge is 2.19. The van der Waals surface area contributed by atoms with Gasteiger partial charge in [-0.1, -0.05) is 78.9 Å². The number of hydrogen-bond donors (Lipinski definition) is 0. The summed E-state index contributed by atoms with van der Waals surface area (Å²) in [6.07, 6.45) is 1.62. The van der Waals surface area contributed by atoms with Crippen LogP contribution in [0.4, 0.5) is 0 Å². The highest BCUT2D eigenvalue weighted by Crippen LogP contribution is 2.30. The molecule has 0 saturated carbocycles. The molecular formula is C33H29NO4. The smallest absolute Gasteiger partial charge is 0.254 e. The molecule has 38 heavy (non-hydrogen) atoms. The van der Waals surface area contributed by atoms with Crippen LogP contribution in [0, 0.1) is 0 Å². The summed E-state index contributed by atoms with van der Waals surface area (Å²) in [5.74, 6) is 1.91. The third-order valence-corrected chi connectivity index (χ3v) is 6.29. The van der Waals surface area contributed by atoms with E-state index < -0.39 is 0 Å². The maximum absolute atomic E-state index is 13.6. The van der Waals surface area contributed by atoms with E-state index in [1.807, 2.05) is 103 Å². The Morgan fingerprint density at radius 1 is 0.711 bits per heavy atom. The molecule has 5 aromatic rings. The van der Waals surface area contributed by atoms with E-state index in [1.165, 1.54) is 0 Å². The maximum atomic E-state index is 13.6. The molecule has 0 saturated heterocycles. The van der Waals surface area contributed by atoms with Gasteiger partial charge in [-0.25, -0.2) is 0 Å². The minimum absolute atomic E-state index is 0.0793. The van der Waals surface area contributed by atoms with Crippen molar-refractivity contribution in [1.82, 2.24) is 4.90 Å². The average Bonchev–Trinajstić information content (AvgIpc) is 3.50. The summed E-state index contributed by atoms with van der Waals surface area (Å²) in [6, 6.07) is 37.3. The fourth-order valence-electron chi connectivity index (χ4n) is 4.29. The molecular weight excluding hydrogens is 474 g/mol. The minimum Gasteiger partial charge on any atom is -0.493 e. The fraction of sp³-hybridized carbons (Fsp3) is 0.121. The molecule has 1 aromatic heterocycles. The van der Waals surface area contributed by atoms with E-state index in [2.05, 4.69) is 12.1 Å². The van der Waals surface area contributed by atoms with E-state index in [0.29, 0.717) is 42.5 Å². The number of carbonyl (C=O) groups is 1. The van der Waals surface area contributed by atoms with Crippen molar-refractivity contribution in [3.63, 3.8) is 0 Å². The highest BCUT2D eigenvalue weighted by molar-refractivity contribution is 5.94. The molecule has 5 nitrogen and oxygen atoms in total. The molecule has 0 N–H and O–H groups in total. The Hall–Kier alpha value is -4.77. The predicted octanol–water partition coefficient (Wildman–Crippen LogP) is 7.38. The van der Waals surface area contributed by atoms with E-state index in [4.69, 9.17) is 13.9 Å². The van der Waals surface area contributed by atoms with Crippen molar-refractivity contribution in [2.24, 2.45) is 0 Å². The van der Waals surface area contributed by atoms with Crippen LogP contribution in [0.2, 0.25) is 0 Å². The number of amides is 1. The van der Waals surface area contributed by atoms with Crippen LogP contribution in [0.3, 0.4) is 0 Å². The zero-order valence-corrected chi connectivity index (χ0v) is 21.2. The lowest BCUT2D eigenvalue weighted by Gasteiger charge is -2.23. The van der Waals surface area contributed by atoms with Crippen LogP contribution in [0.5, 0.6) is 11.5 Å². The summed E-state index contributed by atoms with van der Waals surface area (Å²) in [5.41, 5.74) is 4.80. The molecule has 190 valence electrons. The molecule has 0 fully saturated rings. The third-order valence-electron chi connectivity index (χ3n) is 6.29. The molecule has 0 aliphatic heterocycles. The zero-order chi connectivity index (χ0) is 26.2. The first-order valence-corrected chi connectivity index (χ1v) is 12.5.